The molecule has 0 aliphatic carbocycles. The third kappa shape index (κ3) is 2.89. The molecule has 0 heterocycles. The summed E-state index contributed by atoms with van der Waals surface area (Å²) in [4.78, 5) is 0. The predicted molar refractivity (Wildman–Crippen MR) is 62.1 cm³/mol. The van der Waals surface area contributed by atoms with Gasteiger partial charge in [-0.05, 0) is 6.07 Å². The van der Waals surface area contributed by atoms with E-state index in [0.717, 1.165) is 7.11 Å². The van der Waals surface area contributed by atoms with E-state index in [0.29, 0.717) is 0 Å². The molecule has 0 saturated carbocycles. The highest BCUT2D eigenvalue weighted by atomic mass is 35.5. The number of halogens is 5. The molecule has 2 nitrogen and oxygen atoms in total. The number of benzene rings is 1. The van der Waals surface area contributed by atoms with E-state index in [9.17, 15) is 13.2 Å². The van der Waals surface area contributed by atoms with Gasteiger partial charge in [0.05, 0.1) is 17.2 Å². The third-order valence-electron chi connectivity index (χ3n) is 2.02. The van der Waals surface area contributed by atoms with Crippen molar-refractivity contribution < 1.29 is 17.9 Å². The first-order valence-electron chi connectivity index (χ1n) is 4.52. The number of hydrogen-bond acceptors (Lipinski definition) is 2. The molecule has 18 heavy (non-hydrogen) atoms. The summed E-state index contributed by atoms with van der Waals surface area (Å²) in [6, 6.07) is 5.50. The fourth-order valence-electron chi connectivity index (χ4n) is 1.29. The van der Waals surface area contributed by atoms with Gasteiger partial charge < -0.3 is 4.74 Å². The van der Waals surface area contributed by atoms with Gasteiger partial charge in [-0.3, -0.25) is 0 Å². The Balaban J connectivity index is 3.57. The zero-order chi connectivity index (χ0) is 13.9. The molecule has 0 atom stereocenters. The Morgan fingerprint density at radius 3 is 2.39 bits per heavy atom. The number of rotatable bonds is 2. The predicted octanol–water partition coefficient (Wildman–Crippen LogP) is 4.44. The van der Waals surface area contributed by atoms with Crippen LogP contribution in [0.2, 0.25) is 10.0 Å². The Morgan fingerprint density at radius 1 is 1.33 bits per heavy atom. The van der Waals surface area contributed by atoms with Gasteiger partial charge in [0.25, 0.3) is 0 Å². The van der Waals surface area contributed by atoms with E-state index >= 15 is 0 Å². The van der Waals surface area contributed by atoms with Gasteiger partial charge in [0.1, 0.15) is 11.6 Å². The largest absolute Gasteiger partial charge is 0.491 e. The third-order valence-corrected chi connectivity index (χ3v) is 2.84. The highest BCUT2D eigenvalue weighted by Gasteiger charge is 2.39. The van der Waals surface area contributed by atoms with E-state index in [1.165, 1.54) is 24.3 Å². The highest BCUT2D eigenvalue weighted by molar-refractivity contribution is 6.43. The Bertz CT molecular complexity index is 532. The number of nitriles is 1. The number of methoxy groups -OCH3 is 1. The van der Waals surface area contributed by atoms with Crippen molar-refractivity contribution in [3.8, 4) is 6.07 Å². The maximum Gasteiger partial charge on any atom is 0.450 e. The van der Waals surface area contributed by atoms with Gasteiger partial charge in [0, 0.05) is 5.56 Å². The lowest BCUT2D eigenvalue weighted by atomic mass is 10.1. The van der Waals surface area contributed by atoms with Crippen molar-refractivity contribution in [2.75, 3.05) is 7.11 Å². The Kier molecular flexibility index (Phi) is 4.49. The first-order valence-corrected chi connectivity index (χ1v) is 5.28. The summed E-state index contributed by atoms with van der Waals surface area (Å²) in [5.41, 5.74) is -0.835. The van der Waals surface area contributed by atoms with Crippen molar-refractivity contribution in [1.82, 2.24) is 0 Å². The Hall–Kier alpha value is -1.38. The molecule has 0 spiro atoms. The maximum absolute atomic E-state index is 12.7. The molecule has 0 aromatic heterocycles. The van der Waals surface area contributed by atoms with Crippen LogP contribution in [0.5, 0.6) is 0 Å². The van der Waals surface area contributed by atoms with E-state index < -0.39 is 17.5 Å². The summed E-state index contributed by atoms with van der Waals surface area (Å²) in [7, 11) is 0.832. The smallest absolute Gasteiger partial charge is 0.450 e. The summed E-state index contributed by atoms with van der Waals surface area (Å²) >= 11 is 11.5. The van der Waals surface area contributed by atoms with E-state index in [2.05, 4.69) is 4.74 Å². The quantitative estimate of drug-likeness (QED) is 0.597. The maximum atomic E-state index is 12.7. The van der Waals surface area contributed by atoms with Crippen molar-refractivity contribution in [3.05, 3.63) is 39.6 Å². The van der Waals surface area contributed by atoms with Crippen LogP contribution in [0, 0.1) is 11.3 Å². The van der Waals surface area contributed by atoms with E-state index in [4.69, 9.17) is 28.5 Å². The van der Waals surface area contributed by atoms with Gasteiger partial charge in [-0.1, -0.05) is 35.3 Å². The summed E-state index contributed by atoms with van der Waals surface area (Å²) in [6.45, 7) is 0. The van der Waals surface area contributed by atoms with Crippen LogP contribution in [0.3, 0.4) is 0 Å². The number of hydrogen-bond donors (Lipinski definition) is 0. The summed E-state index contributed by atoms with van der Waals surface area (Å²) in [6.07, 6.45) is -4.79. The fraction of sp³-hybridized carbons (Fsp3) is 0.182. The Labute approximate surface area is 111 Å². The molecule has 1 aromatic rings. The van der Waals surface area contributed by atoms with Gasteiger partial charge in [0.15, 0.2) is 0 Å². The van der Waals surface area contributed by atoms with Crippen LogP contribution in [0.15, 0.2) is 24.0 Å². The molecule has 0 aliphatic rings. The first-order chi connectivity index (χ1) is 8.32. The second-order valence-electron chi connectivity index (χ2n) is 3.12. The van der Waals surface area contributed by atoms with Crippen molar-refractivity contribution in [1.29, 1.82) is 5.26 Å². The molecule has 0 N–H and O–H groups in total. The number of nitrogens with zero attached hydrogens (tertiary/aromatic N) is 1. The van der Waals surface area contributed by atoms with E-state index in [1.807, 2.05) is 0 Å². The van der Waals surface area contributed by atoms with Crippen molar-refractivity contribution >= 4 is 28.8 Å². The lowest BCUT2D eigenvalue weighted by Crippen LogP contribution is -2.15. The molecule has 0 fully saturated rings. The fourth-order valence-corrected chi connectivity index (χ4v) is 1.68. The zero-order valence-corrected chi connectivity index (χ0v) is 10.5. The van der Waals surface area contributed by atoms with Crippen LogP contribution in [-0.4, -0.2) is 13.3 Å². The molecule has 0 radical (unpaired) electrons. The molecule has 0 amide bonds. The molecule has 0 saturated heterocycles. The molecule has 1 rings (SSSR count). The van der Waals surface area contributed by atoms with Crippen LogP contribution in [-0.2, 0) is 4.74 Å². The lowest BCUT2D eigenvalue weighted by Gasteiger charge is -2.13. The van der Waals surface area contributed by atoms with Gasteiger partial charge in [-0.15, -0.1) is 0 Å². The highest BCUT2D eigenvalue weighted by Crippen LogP contribution is 2.37. The van der Waals surface area contributed by atoms with Crippen LogP contribution < -0.4 is 0 Å². The van der Waals surface area contributed by atoms with Crippen LogP contribution in [0.1, 0.15) is 5.56 Å². The van der Waals surface area contributed by atoms with Gasteiger partial charge in [-0.2, -0.15) is 18.4 Å². The summed E-state index contributed by atoms with van der Waals surface area (Å²) < 4.78 is 42.2. The van der Waals surface area contributed by atoms with Crippen molar-refractivity contribution in [2.45, 2.75) is 6.18 Å². The molecule has 0 bridgehead atoms. The van der Waals surface area contributed by atoms with Crippen LogP contribution in [0.4, 0.5) is 13.2 Å². The number of allylic oxidation sites excluding steroid dienone is 2. The average Bonchev–Trinajstić information content (AvgIpc) is 2.28. The van der Waals surface area contributed by atoms with Crippen LogP contribution >= 0.6 is 23.2 Å². The van der Waals surface area contributed by atoms with E-state index in [1.54, 1.807) is 0 Å². The van der Waals surface area contributed by atoms with Crippen LogP contribution in [0.25, 0.3) is 5.57 Å². The molecule has 96 valence electrons. The second kappa shape index (κ2) is 5.51. The number of alkyl halides is 3. The standard InChI is InChI=1S/C11H6Cl2F3NO/c1-18-10(11(14,15)16)7(5-17)6-3-2-4-8(12)9(6)13/h2-4H,1H3/b10-7+. The minimum Gasteiger partial charge on any atom is -0.491 e. The summed E-state index contributed by atoms with van der Waals surface area (Å²) in [5, 5.41) is 8.80. The number of ether oxygens (including phenoxy) is 1. The van der Waals surface area contributed by atoms with Crippen molar-refractivity contribution in [3.63, 3.8) is 0 Å². The second-order valence-corrected chi connectivity index (χ2v) is 3.90. The van der Waals surface area contributed by atoms with Gasteiger partial charge in [-0.25, -0.2) is 0 Å². The minimum atomic E-state index is -4.79. The average molecular weight is 296 g/mol. The SMILES string of the molecule is CO/C(=C(\C#N)c1cccc(Cl)c1Cl)C(F)(F)F. The molecule has 1 aromatic carbocycles. The minimum absolute atomic E-state index is 0.0551. The topological polar surface area (TPSA) is 33.0 Å². The first kappa shape index (κ1) is 14.7. The van der Waals surface area contributed by atoms with E-state index in [-0.39, 0.29) is 15.6 Å². The monoisotopic (exact) mass is 295 g/mol. The lowest BCUT2D eigenvalue weighted by molar-refractivity contribution is -0.124. The molecular formula is C11H6Cl2F3NO. The van der Waals surface area contributed by atoms with Gasteiger partial charge >= 0.3 is 6.18 Å². The Morgan fingerprint density at radius 2 is 1.94 bits per heavy atom. The molecule has 0 aliphatic heterocycles. The van der Waals surface area contributed by atoms with Crippen molar-refractivity contribution in [2.24, 2.45) is 0 Å². The molecule has 0 unspecified atom stereocenters. The normalized spacial score (nSPS) is 12.7. The zero-order valence-electron chi connectivity index (χ0n) is 8.98. The molecule has 7 heteroatoms. The summed E-state index contributed by atoms with van der Waals surface area (Å²) in [5.74, 6) is -1.41. The molecular weight excluding hydrogens is 290 g/mol. The van der Waals surface area contributed by atoms with Gasteiger partial charge in [0.2, 0.25) is 5.76 Å².